The molecule has 2 atom stereocenters. The highest BCUT2D eigenvalue weighted by Gasteiger charge is 2.57. The Morgan fingerprint density at radius 1 is 0.971 bits per heavy atom. The molecule has 2 unspecified atom stereocenters. The molecule has 2 N–H and O–H groups in total. The zero-order chi connectivity index (χ0) is 25.0. The minimum absolute atomic E-state index is 0.0969. The van der Waals surface area contributed by atoms with Gasteiger partial charge in [0.25, 0.3) is 0 Å². The molecule has 0 spiro atoms. The van der Waals surface area contributed by atoms with Crippen molar-refractivity contribution < 1.29 is 42.2 Å². The van der Waals surface area contributed by atoms with Gasteiger partial charge in [0.05, 0.1) is 34.3 Å². The zero-order valence-corrected chi connectivity index (χ0v) is 20.3. The third-order valence-electron chi connectivity index (χ3n) is 8.24. The zero-order valence-electron chi connectivity index (χ0n) is 19.5. The van der Waals surface area contributed by atoms with Gasteiger partial charge >= 0.3 is 11.9 Å². The normalized spacial score (nSPS) is 36.1. The van der Waals surface area contributed by atoms with Gasteiger partial charge < -0.3 is 24.2 Å². The topological polar surface area (TPSA) is 150 Å². The summed E-state index contributed by atoms with van der Waals surface area (Å²) in [5.41, 5.74) is -1.44. The van der Waals surface area contributed by atoms with Gasteiger partial charge in [0.1, 0.15) is 16.2 Å². The van der Waals surface area contributed by atoms with Gasteiger partial charge in [-0.1, -0.05) is 0 Å². The van der Waals surface area contributed by atoms with Gasteiger partial charge in [-0.05, 0) is 94.2 Å². The van der Waals surface area contributed by atoms with E-state index in [1.54, 1.807) is 0 Å². The second-order valence-corrected chi connectivity index (χ2v) is 12.7. The van der Waals surface area contributed by atoms with Crippen molar-refractivity contribution in [2.24, 2.45) is 17.3 Å². The lowest BCUT2D eigenvalue weighted by molar-refractivity contribution is -0.175. The van der Waals surface area contributed by atoms with Gasteiger partial charge in [-0.25, -0.2) is 18.0 Å². The van der Waals surface area contributed by atoms with E-state index in [0.717, 1.165) is 44.2 Å². The molecular weight excluding hydrogens is 476 g/mol. The molecule has 5 aliphatic carbocycles. The number of carbonyl (C=O) groups excluding carboxylic acids is 2. The van der Waals surface area contributed by atoms with Gasteiger partial charge in [-0.3, -0.25) is 0 Å². The summed E-state index contributed by atoms with van der Waals surface area (Å²) in [6.07, 6.45) is 6.04. The lowest BCUT2D eigenvalue weighted by Crippen LogP contribution is -2.57. The molecule has 0 heterocycles. The largest absolute Gasteiger partial charge is 0.744 e. The van der Waals surface area contributed by atoms with Crippen molar-refractivity contribution in [1.82, 2.24) is 0 Å². The highest BCUT2D eigenvalue weighted by Crippen LogP contribution is 2.61. The molecule has 6 rings (SSSR count). The Bertz CT molecular complexity index is 1110. The van der Waals surface area contributed by atoms with Crippen LogP contribution in [-0.2, 0) is 19.6 Å². The number of ether oxygens (including phenoxy) is 2. The average molecular weight is 508 g/mol. The van der Waals surface area contributed by atoms with Crippen molar-refractivity contribution in [3.63, 3.8) is 0 Å². The quantitative estimate of drug-likeness (QED) is 0.437. The third kappa shape index (κ3) is 5.26. The fourth-order valence-corrected chi connectivity index (χ4v) is 7.78. The van der Waals surface area contributed by atoms with Gasteiger partial charge in [-0.15, -0.1) is 0 Å². The molecule has 0 radical (unpaired) electrons. The number of carbonyl (C=O) groups is 2. The average Bonchev–Trinajstić information content (AvgIpc) is 2.76. The summed E-state index contributed by atoms with van der Waals surface area (Å²) in [5.74, 6) is -0.838. The molecule has 0 saturated heterocycles. The number of rotatable bonds is 6. The first kappa shape index (κ1) is 24.7. The van der Waals surface area contributed by atoms with Crippen molar-refractivity contribution in [1.29, 1.82) is 0 Å². The van der Waals surface area contributed by atoms with E-state index in [0.29, 0.717) is 43.9 Å². The van der Waals surface area contributed by atoms with Crippen LogP contribution in [0.3, 0.4) is 0 Å². The van der Waals surface area contributed by atoms with E-state index in [9.17, 15) is 32.8 Å². The van der Waals surface area contributed by atoms with Crippen molar-refractivity contribution >= 4 is 22.1 Å². The third-order valence-corrected chi connectivity index (χ3v) is 9.06. The molecule has 10 heteroatoms. The molecule has 9 nitrogen and oxygen atoms in total. The minimum atomic E-state index is -4.95. The maximum atomic E-state index is 12.9. The van der Waals surface area contributed by atoms with Crippen molar-refractivity contribution in [3.05, 3.63) is 29.3 Å². The second-order valence-electron chi connectivity index (χ2n) is 11.3. The summed E-state index contributed by atoms with van der Waals surface area (Å²) in [6, 6.07) is 3.02. The van der Waals surface area contributed by atoms with E-state index in [-0.39, 0.29) is 23.1 Å². The molecule has 35 heavy (non-hydrogen) atoms. The highest BCUT2D eigenvalue weighted by atomic mass is 32.2. The molecular formula is C25H31O9S-. The van der Waals surface area contributed by atoms with Crippen LogP contribution in [0.5, 0.6) is 0 Å². The van der Waals surface area contributed by atoms with Crippen LogP contribution in [0, 0.1) is 17.3 Å². The van der Waals surface area contributed by atoms with E-state index >= 15 is 0 Å². The fourth-order valence-electron chi connectivity index (χ4n) is 7.23. The first-order valence-electron chi connectivity index (χ1n) is 12.3. The maximum Gasteiger partial charge on any atom is 0.338 e. The Morgan fingerprint density at radius 3 is 2.14 bits per heavy atom. The summed E-state index contributed by atoms with van der Waals surface area (Å²) in [6.45, 7) is 0.0969. The fraction of sp³-hybridized carbons (Fsp3) is 0.680. The number of esters is 2. The van der Waals surface area contributed by atoms with E-state index in [1.165, 1.54) is 6.07 Å². The van der Waals surface area contributed by atoms with E-state index < -0.39 is 44.8 Å². The van der Waals surface area contributed by atoms with Crippen molar-refractivity contribution in [3.8, 4) is 0 Å². The van der Waals surface area contributed by atoms with Gasteiger partial charge in [-0.2, -0.15) is 0 Å². The van der Waals surface area contributed by atoms with Crippen LogP contribution in [0.25, 0.3) is 0 Å². The standard InChI is InChI=1S/C25H32O9S/c26-19-1-3-20(4-2-19)34-23(28)18-6-17(7-21(8-18)35(30,31)32)22(27)33-14-24-9-15-5-16(10-24)12-25(29,11-15)13-24/h6-8,15-16,19-20,26,29H,1-5,9-14H2,(H,30,31,32)/p-1. The summed E-state index contributed by atoms with van der Waals surface area (Å²) in [4.78, 5) is 24.9. The van der Waals surface area contributed by atoms with Gasteiger partial charge in [0.15, 0.2) is 0 Å². The molecule has 0 amide bonds. The number of aliphatic hydroxyl groups is 2. The molecule has 1 aromatic carbocycles. The van der Waals surface area contributed by atoms with Crippen LogP contribution in [-0.4, -0.2) is 59.5 Å². The predicted molar refractivity (Wildman–Crippen MR) is 120 cm³/mol. The highest BCUT2D eigenvalue weighted by molar-refractivity contribution is 7.85. The monoisotopic (exact) mass is 507 g/mol. The maximum absolute atomic E-state index is 12.9. The molecule has 5 fully saturated rings. The van der Waals surface area contributed by atoms with Gasteiger partial charge in [0.2, 0.25) is 0 Å². The lowest BCUT2D eigenvalue weighted by atomic mass is 9.48. The summed E-state index contributed by atoms with van der Waals surface area (Å²) in [5, 5.41) is 20.5. The lowest BCUT2D eigenvalue weighted by Gasteiger charge is -2.59. The summed E-state index contributed by atoms with van der Waals surface area (Å²) in [7, 11) is -4.95. The van der Waals surface area contributed by atoms with E-state index in [4.69, 9.17) is 9.47 Å². The summed E-state index contributed by atoms with van der Waals surface area (Å²) < 4.78 is 46.2. The SMILES string of the molecule is O=C(OCC12CC3CC(CC(O)(C3)C1)C2)c1cc(C(=O)OC2CCC(O)CC2)cc(S(=O)(=O)[O-])c1. The first-order valence-corrected chi connectivity index (χ1v) is 13.7. The minimum Gasteiger partial charge on any atom is -0.744 e. The number of hydrogen-bond donors (Lipinski definition) is 2. The number of hydrogen-bond acceptors (Lipinski definition) is 9. The molecule has 0 aliphatic heterocycles. The predicted octanol–water partition coefficient (Wildman–Crippen LogP) is 2.54. The van der Waals surface area contributed by atoms with Crippen molar-refractivity contribution in [2.45, 2.75) is 86.9 Å². The smallest absolute Gasteiger partial charge is 0.338 e. The number of aliphatic hydroxyl groups excluding tert-OH is 1. The van der Waals surface area contributed by atoms with E-state index in [1.807, 2.05) is 0 Å². The van der Waals surface area contributed by atoms with Crippen LogP contribution in [0.4, 0.5) is 0 Å². The van der Waals surface area contributed by atoms with Crippen LogP contribution in [0.2, 0.25) is 0 Å². The number of benzene rings is 1. The van der Waals surface area contributed by atoms with Gasteiger partial charge in [0, 0.05) is 5.41 Å². The Morgan fingerprint density at radius 2 is 1.57 bits per heavy atom. The Hall–Kier alpha value is -2.01. The Labute approximate surface area is 204 Å². The molecule has 5 saturated carbocycles. The Kier molecular flexibility index (Phi) is 6.22. The summed E-state index contributed by atoms with van der Waals surface area (Å²) >= 11 is 0. The van der Waals surface area contributed by atoms with Crippen LogP contribution < -0.4 is 0 Å². The van der Waals surface area contributed by atoms with Crippen LogP contribution in [0.15, 0.2) is 23.1 Å². The first-order chi connectivity index (χ1) is 16.4. The molecule has 192 valence electrons. The molecule has 4 bridgehead atoms. The van der Waals surface area contributed by atoms with Crippen LogP contribution in [0.1, 0.15) is 84.9 Å². The van der Waals surface area contributed by atoms with E-state index in [2.05, 4.69) is 0 Å². The molecule has 5 aliphatic rings. The second kappa shape index (κ2) is 8.83. The van der Waals surface area contributed by atoms with Crippen LogP contribution >= 0.6 is 0 Å². The van der Waals surface area contributed by atoms with Crippen molar-refractivity contribution in [2.75, 3.05) is 6.61 Å². The molecule has 1 aromatic rings. The molecule has 0 aromatic heterocycles. The Balaban J connectivity index is 1.32.